The van der Waals surface area contributed by atoms with Crippen molar-refractivity contribution in [3.05, 3.63) is 0 Å². The van der Waals surface area contributed by atoms with Crippen LogP contribution in [-0.2, 0) is 37.7 Å². The molecule has 0 aliphatic rings. The third-order valence-corrected chi connectivity index (χ3v) is 32.8. The van der Waals surface area contributed by atoms with E-state index in [9.17, 15) is 0 Å². The second kappa shape index (κ2) is 15.6. The van der Waals surface area contributed by atoms with Gasteiger partial charge in [-0.3, -0.25) is 0 Å². The maximum Gasteiger partial charge on any atom is 0.482 e. The van der Waals surface area contributed by atoms with Crippen LogP contribution in [0, 0.1) is 0 Å². The third kappa shape index (κ3) is 21.3. The van der Waals surface area contributed by atoms with Gasteiger partial charge < -0.3 is 37.7 Å². The molecule has 248 valence electrons. The molecule has 3 atom stereocenters. The van der Waals surface area contributed by atoms with Gasteiger partial charge in [0.25, 0.3) is 0 Å². The highest BCUT2D eigenvalue weighted by Crippen LogP contribution is 2.32. The number of hydrogen-bond acceptors (Lipinski definition) is 9. The second-order valence-corrected chi connectivity index (χ2v) is 52.4. The molecule has 0 bridgehead atoms. The lowest BCUT2D eigenvalue weighted by Crippen LogP contribution is -2.68. The minimum Gasteiger partial charge on any atom is -0.417 e. The Kier molecular flexibility index (Phi) is 16.3. The summed E-state index contributed by atoms with van der Waals surface area (Å²) >= 11 is 0. The molecule has 0 aromatic carbocycles. The van der Waals surface area contributed by atoms with Crippen LogP contribution in [0.5, 0.6) is 0 Å². The molecular weight excluding hydrogens is 689 g/mol. The summed E-state index contributed by atoms with van der Waals surface area (Å²) in [5.41, 5.74) is 0. The fourth-order valence-electron chi connectivity index (χ4n) is 4.16. The summed E-state index contributed by atoms with van der Waals surface area (Å²) in [6.07, 6.45) is 1.29. The third-order valence-electron chi connectivity index (χ3n) is 4.44. The molecule has 0 aromatic rings. The molecule has 41 heavy (non-hydrogen) atoms. The summed E-state index contributed by atoms with van der Waals surface area (Å²) in [5, 5.41) is 0. The Morgan fingerprint density at radius 1 is 0.317 bits per heavy atom. The summed E-state index contributed by atoms with van der Waals surface area (Å²) in [4.78, 5) is 0. The Morgan fingerprint density at radius 2 is 0.512 bits per heavy atom. The van der Waals surface area contributed by atoms with Gasteiger partial charge in [0.2, 0.25) is 0 Å². The standard InChI is InChI=1S/C22H66O9Si10/c1-32(2)21-23-38(17,25-34(5,6)7)29-39(18,24-22-33(3)4)30-41(20,28-37(14,15)16)31-40(19,26-35(8,9)10)27-36(11,12)13/h32-33H,21-22H2,1-20H3. The molecule has 0 heterocycles. The first-order valence-corrected chi connectivity index (χ1v) is 43.8. The topological polar surface area (TPSA) is 83.1 Å². The molecule has 0 radical (unpaired) electrons. The van der Waals surface area contributed by atoms with Crippen molar-refractivity contribution in [1.29, 1.82) is 0 Å². The van der Waals surface area contributed by atoms with E-state index in [1.165, 1.54) is 0 Å². The van der Waals surface area contributed by atoms with E-state index in [0.29, 0.717) is 12.5 Å². The highest BCUT2D eigenvalue weighted by molar-refractivity contribution is 6.92. The molecule has 0 aliphatic heterocycles. The predicted octanol–water partition coefficient (Wildman–Crippen LogP) is 6.80. The predicted molar refractivity (Wildman–Crippen MR) is 197 cm³/mol. The first-order valence-electron chi connectivity index (χ1n) is 15.0. The van der Waals surface area contributed by atoms with Crippen LogP contribution in [0.4, 0.5) is 0 Å². The van der Waals surface area contributed by atoms with Gasteiger partial charge in [-0.1, -0.05) is 26.2 Å². The zero-order valence-corrected chi connectivity index (χ0v) is 40.6. The maximum atomic E-state index is 7.05. The largest absolute Gasteiger partial charge is 0.482 e. The fraction of sp³-hybridized carbons (Fsp3) is 1.00. The molecule has 0 rings (SSSR count). The lowest BCUT2D eigenvalue weighted by atomic mass is 11.7. The summed E-state index contributed by atoms with van der Waals surface area (Å²) in [6, 6.07) is 0. The van der Waals surface area contributed by atoms with Crippen molar-refractivity contribution in [1.82, 2.24) is 0 Å². The molecule has 0 saturated carbocycles. The van der Waals surface area contributed by atoms with Crippen LogP contribution in [0.15, 0.2) is 0 Å². The van der Waals surface area contributed by atoms with Crippen molar-refractivity contribution >= 4 is 86.1 Å². The molecule has 0 aliphatic carbocycles. The van der Waals surface area contributed by atoms with Crippen LogP contribution in [-0.4, -0.2) is 98.5 Å². The van der Waals surface area contributed by atoms with E-state index >= 15 is 0 Å². The molecule has 0 spiro atoms. The monoisotopic (exact) mass is 754 g/mol. The Hall–Kier alpha value is 1.81. The van der Waals surface area contributed by atoms with Crippen LogP contribution in [0.3, 0.4) is 0 Å². The molecule has 0 saturated heterocycles. The van der Waals surface area contributed by atoms with Crippen molar-refractivity contribution in [2.45, 2.75) is 131 Å². The fourth-order valence-corrected chi connectivity index (χ4v) is 40.4. The average molecular weight is 756 g/mol. The summed E-state index contributed by atoms with van der Waals surface area (Å²) in [6.45, 7) is 42.8. The average Bonchev–Trinajstić information content (AvgIpc) is 2.57. The van der Waals surface area contributed by atoms with Crippen molar-refractivity contribution in [2.24, 2.45) is 0 Å². The first-order chi connectivity index (χ1) is 17.8. The van der Waals surface area contributed by atoms with Crippen LogP contribution in [0.25, 0.3) is 0 Å². The van der Waals surface area contributed by atoms with E-state index in [1.54, 1.807) is 0 Å². The van der Waals surface area contributed by atoms with E-state index < -0.39 is 86.1 Å². The number of hydrogen-bond donors (Lipinski definition) is 0. The first kappa shape index (κ1) is 42.8. The SMILES string of the molecule is C[SiH](C)CO[Si](C)(O[Si](C)(C)C)O[Si](C)(OC[SiH](C)C)O[Si](C)(O[Si](C)(C)C)O[Si](C)(O[Si](C)(C)C)O[Si](C)(C)C. The second-order valence-electron chi connectivity index (χ2n) is 16.0. The van der Waals surface area contributed by atoms with Crippen molar-refractivity contribution < 1.29 is 37.7 Å². The maximum absolute atomic E-state index is 7.05. The van der Waals surface area contributed by atoms with E-state index in [0.717, 1.165) is 0 Å². The van der Waals surface area contributed by atoms with Gasteiger partial charge in [-0.2, -0.15) is 0 Å². The van der Waals surface area contributed by atoms with Crippen molar-refractivity contribution in [2.75, 3.05) is 12.5 Å². The van der Waals surface area contributed by atoms with Crippen molar-refractivity contribution in [3.8, 4) is 0 Å². The quantitative estimate of drug-likeness (QED) is 0.125. The Labute approximate surface area is 265 Å². The van der Waals surface area contributed by atoms with E-state index in [1.807, 2.05) is 26.2 Å². The van der Waals surface area contributed by atoms with Crippen molar-refractivity contribution in [3.63, 3.8) is 0 Å². The molecule has 9 nitrogen and oxygen atoms in total. The smallest absolute Gasteiger partial charge is 0.417 e. The lowest BCUT2D eigenvalue weighted by molar-refractivity contribution is 0.0967. The minimum atomic E-state index is -3.45. The van der Waals surface area contributed by atoms with Gasteiger partial charge >= 0.3 is 35.2 Å². The highest BCUT2D eigenvalue weighted by Gasteiger charge is 2.59. The van der Waals surface area contributed by atoms with E-state index in [4.69, 9.17) is 37.7 Å². The Morgan fingerprint density at radius 3 is 0.780 bits per heavy atom. The summed E-state index contributed by atoms with van der Waals surface area (Å²) in [7, 11) is -23.6. The van der Waals surface area contributed by atoms with Gasteiger partial charge in [-0.15, -0.1) is 0 Å². The molecule has 0 N–H and O–H groups in total. The summed E-state index contributed by atoms with van der Waals surface area (Å²) < 4.78 is 61.1. The molecule has 3 unspecified atom stereocenters. The highest BCUT2D eigenvalue weighted by atomic mass is 28.6. The van der Waals surface area contributed by atoms with E-state index in [2.05, 4.69) is 105 Å². The van der Waals surface area contributed by atoms with Crippen LogP contribution in [0.1, 0.15) is 0 Å². The van der Waals surface area contributed by atoms with Crippen LogP contribution < -0.4 is 0 Å². The molecule has 0 aromatic heterocycles. The molecular formula is C22H66O9Si10. The summed E-state index contributed by atoms with van der Waals surface area (Å²) in [5.74, 6) is 0. The molecule has 0 amide bonds. The van der Waals surface area contributed by atoms with E-state index in [-0.39, 0.29) is 0 Å². The van der Waals surface area contributed by atoms with Gasteiger partial charge in [-0.25, -0.2) is 0 Å². The molecule has 19 heteroatoms. The lowest BCUT2D eigenvalue weighted by Gasteiger charge is -2.46. The minimum absolute atomic E-state index is 0.613. The zero-order chi connectivity index (χ0) is 32.9. The Bertz CT molecular complexity index is 783. The Balaban J connectivity index is 6.84. The normalized spacial score (nSPS) is 18.9. The van der Waals surface area contributed by atoms with Crippen LogP contribution in [0.2, 0.25) is 131 Å². The van der Waals surface area contributed by atoms with Gasteiger partial charge in [0, 0.05) is 38.6 Å². The van der Waals surface area contributed by atoms with Gasteiger partial charge in [0.1, 0.15) is 0 Å². The molecule has 0 fully saturated rings. The van der Waals surface area contributed by atoms with Gasteiger partial charge in [0.15, 0.2) is 33.3 Å². The van der Waals surface area contributed by atoms with Gasteiger partial charge in [-0.05, 0) is 78.6 Å². The van der Waals surface area contributed by atoms with Crippen LogP contribution >= 0.6 is 0 Å². The zero-order valence-electron chi connectivity index (χ0n) is 30.2. The van der Waals surface area contributed by atoms with Gasteiger partial charge in [0.05, 0.1) is 17.6 Å². The number of rotatable bonds is 20.